The van der Waals surface area contributed by atoms with Crippen molar-refractivity contribution in [2.24, 2.45) is 0 Å². The average Bonchev–Trinajstić information content (AvgIpc) is 2.41. The molecule has 1 heterocycles. The molecule has 0 unspecified atom stereocenters. The predicted molar refractivity (Wildman–Crippen MR) is 58.8 cm³/mol. The third-order valence-corrected chi connectivity index (χ3v) is 2.52. The summed E-state index contributed by atoms with van der Waals surface area (Å²) in [6.07, 6.45) is -2.68. The lowest BCUT2D eigenvalue weighted by atomic mass is 10.00. The summed E-state index contributed by atoms with van der Waals surface area (Å²) >= 11 is 0. The molecule has 6 nitrogen and oxygen atoms in total. The van der Waals surface area contributed by atoms with E-state index in [1.807, 2.05) is 0 Å². The topological polar surface area (TPSA) is 63.2 Å². The summed E-state index contributed by atoms with van der Waals surface area (Å²) in [4.78, 5) is 11.2. The van der Waals surface area contributed by atoms with Crippen molar-refractivity contribution >= 4 is 5.97 Å². The first-order valence-corrected chi connectivity index (χ1v) is 5.11. The molecule has 1 aliphatic heterocycles. The number of hydrogen-bond acceptors (Lipinski definition) is 6. The molecule has 0 bridgehead atoms. The molecule has 0 radical (unpaired) electrons. The van der Waals surface area contributed by atoms with Gasteiger partial charge in [-0.1, -0.05) is 0 Å². The predicted octanol–water partition coefficient (Wildman–Crippen LogP) is -0.00670. The van der Waals surface area contributed by atoms with Gasteiger partial charge in [0.15, 0.2) is 6.10 Å². The Labute approximate surface area is 105 Å². The van der Waals surface area contributed by atoms with E-state index in [1.54, 1.807) is 0 Å². The molecule has 0 spiro atoms. The summed E-state index contributed by atoms with van der Waals surface area (Å²) < 4.78 is 47.3. The van der Waals surface area contributed by atoms with Crippen molar-refractivity contribution < 1.29 is 32.6 Å². The molecule has 0 N–H and O–H groups in total. The van der Waals surface area contributed by atoms with E-state index in [4.69, 9.17) is 27.8 Å². The normalized spacial score (nSPS) is 35.7. The Bertz CT molecular complexity index is 293. The van der Waals surface area contributed by atoms with Crippen LogP contribution in [0, 0.1) is 0 Å². The number of esters is 1. The Kier molecular flexibility index (Phi) is 4.16. The van der Waals surface area contributed by atoms with Crippen LogP contribution in [-0.4, -0.2) is 64.9 Å². The van der Waals surface area contributed by atoms with Crippen molar-refractivity contribution in [2.45, 2.75) is 31.3 Å². The first-order valence-electron chi connectivity index (χ1n) is 7.23. The maximum Gasteiger partial charge on any atom is 0.303 e. The summed E-state index contributed by atoms with van der Waals surface area (Å²) in [6.45, 7) is 1.49. The molecule has 100 valence electrons. The van der Waals surface area contributed by atoms with Gasteiger partial charge in [-0.15, -0.1) is 0 Å². The number of rotatable bonds is 5. The molecule has 4 atom stereocenters. The summed E-state index contributed by atoms with van der Waals surface area (Å²) in [5.74, 6) is -0.505. The van der Waals surface area contributed by atoms with E-state index in [9.17, 15) is 4.79 Å². The van der Waals surface area contributed by atoms with Gasteiger partial charge in [-0.3, -0.25) is 4.79 Å². The molecule has 1 rings (SSSR count). The molecule has 0 saturated carbocycles. The van der Waals surface area contributed by atoms with Gasteiger partial charge in [-0.2, -0.15) is 0 Å². The Morgan fingerprint density at radius 2 is 2.18 bits per heavy atom. The van der Waals surface area contributed by atoms with Crippen LogP contribution in [0.5, 0.6) is 0 Å². The number of carbonyl (C=O) groups excluding carboxylic acids is 1. The highest BCUT2D eigenvalue weighted by molar-refractivity contribution is 5.66. The van der Waals surface area contributed by atoms with Gasteiger partial charge >= 0.3 is 5.97 Å². The van der Waals surface area contributed by atoms with Crippen molar-refractivity contribution in [2.75, 3.05) is 34.5 Å². The lowest BCUT2D eigenvalue weighted by Gasteiger charge is -2.40. The molecule has 17 heavy (non-hydrogen) atoms. The molecule has 0 aromatic rings. The zero-order valence-corrected chi connectivity index (χ0v) is 9.79. The van der Waals surface area contributed by atoms with E-state index < -0.39 is 30.4 Å². The van der Waals surface area contributed by atoms with Gasteiger partial charge in [0.2, 0.25) is 0 Å². The number of ether oxygens (including phenoxy) is 5. The number of hydrogen-bond donors (Lipinski definition) is 0. The number of carbonyl (C=O) groups is 1. The second-order valence-electron chi connectivity index (χ2n) is 3.65. The smallest absolute Gasteiger partial charge is 0.303 e. The van der Waals surface area contributed by atoms with E-state index in [1.165, 1.54) is 6.92 Å². The van der Waals surface area contributed by atoms with Gasteiger partial charge in [0.25, 0.3) is 0 Å². The minimum Gasteiger partial charge on any atom is -0.457 e. The maximum atomic E-state index is 11.2. The molecule has 0 aromatic carbocycles. The Morgan fingerprint density at radius 1 is 1.35 bits per heavy atom. The average molecular weight is 251 g/mol. The van der Waals surface area contributed by atoms with Crippen molar-refractivity contribution in [3.8, 4) is 0 Å². The minimum atomic E-state index is -0.767. The summed E-state index contributed by atoms with van der Waals surface area (Å²) in [5.41, 5.74) is 0. The third-order valence-electron chi connectivity index (χ3n) is 2.52. The lowest BCUT2D eigenvalue weighted by Crippen LogP contribution is -2.57. The van der Waals surface area contributed by atoms with Gasteiger partial charge < -0.3 is 23.7 Å². The van der Waals surface area contributed by atoms with E-state index in [-0.39, 0.29) is 34.5 Å². The summed E-state index contributed by atoms with van der Waals surface area (Å²) in [6, 6.07) is 0. The maximum absolute atomic E-state index is 11.2. The van der Waals surface area contributed by atoms with Crippen LogP contribution < -0.4 is 0 Å². The van der Waals surface area contributed by atoms with Crippen LogP contribution in [0.1, 0.15) is 11.0 Å². The van der Waals surface area contributed by atoms with E-state index in [2.05, 4.69) is 0 Å². The third kappa shape index (κ3) is 3.64. The molecular formula is C11H20O6. The van der Waals surface area contributed by atoms with Gasteiger partial charge in [0.1, 0.15) is 18.3 Å². The lowest BCUT2D eigenvalue weighted by molar-refractivity contribution is -0.224. The van der Waals surface area contributed by atoms with Crippen LogP contribution in [0.2, 0.25) is 0 Å². The molecule has 1 aliphatic rings. The van der Waals surface area contributed by atoms with Crippen LogP contribution in [0.25, 0.3) is 0 Å². The fraction of sp³-hybridized carbons (Fsp3) is 0.909. The second-order valence-corrected chi connectivity index (χ2v) is 3.65. The highest BCUT2D eigenvalue weighted by Crippen LogP contribution is 2.23. The van der Waals surface area contributed by atoms with Crippen LogP contribution in [-0.2, 0) is 28.5 Å². The van der Waals surface area contributed by atoms with Gasteiger partial charge in [-0.25, -0.2) is 0 Å². The van der Waals surface area contributed by atoms with E-state index in [0.717, 1.165) is 0 Å². The number of methoxy groups -OCH3 is 3. The van der Waals surface area contributed by atoms with Crippen molar-refractivity contribution in [3.05, 3.63) is 0 Å². The van der Waals surface area contributed by atoms with Gasteiger partial charge in [0.05, 0.1) is 17.3 Å². The SMILES string of the molecule is [2H]COC[C@H]1OC[C@H](OC[2H])[C@@H](OC(C)=O)[C@@H]1OC[2H]. The standard InChI is InChI=1S/C11H20O6/c1-7(12)17-11-8(14-3)6-16-9(5-13-2)10(11)15-4/h8-11H,5-6H2,1-4H3/t8-,9+,10+,11+/m0/s1/i2D,3D,4D. The molecule has 1 fully saturated rings. The largest absolute Gasteiger partial charge is 0.457 e. The van der Waals surface area contributed by atoms with Crippen LogP contribution in [0.4, 0.5) is 0 Å². The summed E-state index contributed by atoms with van der Waals surface area (Å²) in [5, 5.41) is 0. The molecule has 0 aliphatic carbocycles. The van der Waals surface area contributed by atoms with Crippen molar-refractivity contribution in [1.29, 1.82) is 0 Å². The van der Waals surface area contributed by atoms with Crippen molar-refractivity contribution in [3.63, 3.8) is 0 Å². The fourth-order valence-corrected chi connectivity index (χ4v) is 1.77. The quantitative estimate of drug-likeness (QED) is 0.641. The molecule has 6 heteroatoms. The zero-order chi connectivity index (χ0) is 15.0. The zero-order valence-electron chi connectivity index (χ0n) is 12.8. The Balaban J connectivity index is 2.79. The first-order chi connectivity index (χ1) is 9.63. The van der Waals surface area contributed by atoms with Gasteiger partial charge in [-0.05, 0) is 0 Å². The monoisotopic (exact) mass is 251 g/mol. The second kappa shape index (κ2) is 6.90. The molecule has 0 aromatic heterocycles. The Hall–Kier alpha value is -0.690. The highest BCUT2D eigenvalue weighted by Gasteiger charge is 2.43. The van der Waals surface area contributed by atoms with Crippen molar-refractivity contribution in [1.82, 2.24) is 0 Å². The molecular weight excluding hydrogens is 228 g/mol. The molecule has 1 saturated heterocycles. The highest BCUT2D eigenvalue weighted by atomic mass is 16.6. The van der Waals surface area contributed by atoms with Gasteiger partial charge in [0, 0.05) is 28.2 Å². The minimum absolute atomic E-state index is 0.0968. The van der Waals surface area contributed by atoms with Crippen LogP contribution in [0.15, 0.2) is 0 Å². The van der Waals surface area contributed by atoms with E-state index >= 15 is 0 Å². The Morgan fingerprint density at radius 3 is 2.82 bits per heavy atom. The fourth-order valence-electron chi connectivity index (χ4n) is 1.77. The van der Waals surface area contributed by atoms with Crippen LogP contribution >= 0.6 is 0 Å². The molecule has 0 amide bonds. The summed E-state index contributed by atoms with van der Waals surface area (Å²) in [7, 11) is -0.859. The van der Waals surface area contributed by atoms with E-state index in [0.29, 0.717) is 0 Å². The first kappa shape index (κ1) is 10.3. The van der Waals surface area contributed by atoms with Crippen LogP contribution in [0.3, 0.4) is 0 Å².